The summed E-state index contributed by atoms with van der Waals surface area (Å²) < 4.78 is 8.45. The highest BCUT2D eigenvalue weighted by atomic mass is 32.2. The Morgan fingerprint density at radius 1 is 0.879 bits per heavy atom. The Morgan fingerprint density at radius 2 is 1.58 bits per heavy atom. The van der Waals surface area contributed by atoms with Crippen LogP contribution in [0.15, 0.2) is 101 Å². The van der Waals surface area contributed by atoms with Crippen molar-refractivity contribution in [2.45, 2.75) is 11.4 Å². The summed E-state index contributed by atoms with van der Waals surface area (Å²) in [6, 6.07) is 26.7. The van der Waals surface area contributed by atoms with Gasteiger partial charge >= 0.3 is 12.0 Å². The molecule has 166 valence electrons. The maximum absolute atomic E-state index is 12.1. The topological polar surface area (TPSA) is 104 Å². The van der Waals surface area contributed by atoms with Crippen molar-refractivity contribution in [1.82, 2.24) is 5.32 Å². The van der Waals surface area contributed by atoms with Crippen LogP contribution in [0.4, 0.5) is 16.2 Å². The summed E-state index contributed by atoms with van der Waals surface area (Å²) in [4.78, 5) is 24.1. The number of hydrogen-bond donors (Lipinski definition) is 4. The first kappa shape index (κ1) is 22.0. The SMILES string of the molecule is O=C(NCc1cc(C(=O)O)co1)Nc1ccc(NSc2ccccc2-c2ccccc2)cc1. The molecule has 1 aromatic heterocycles. The van der Waals surface area contributed by atoms with E-state index < -0.39 is 12.0 Å². The molecule has 33 heavy (non-hydrogen) atoms. The lowest BCUT2D eigenvalue weighted by Crippen LogP contribution is -2.27. The Hall–Kier alpha value is -4.17. The number of hydrogen-bond acceptors (Lipinski definition) is 5. The molecule has 0 aliphatic rings. The van der Waals surface area contributed by atoms with Crippen molar-refractivity contribution in [1.29, 1.82) is 0 Å². The van der Waals surface area contributed by atoms with E-state index in [-0.39, 0.29) is 12.1 Å². The predicted octanol–water partition coefficient (Wildman–Crippen LogP) is 6.09. The molecule has 0 unspecified atom stereocenters. The monoisotopic (exact) mass is 459 g/mol. The lowest BCUT2D eigenvalue weighted by atomic mass is 10.1. The van der Waals surface area contributed by atoms with Gasteiger partial charge in [0.1, 0.15) is 12.0 Å². The summed E-state index contributed by atoms with van der Waals surface area (Å²) in [5, 5.41) is 14.3. The molecule has 0 spiro atoms. The van der Waals surface area contributed by atoms with Gasteiger partial charge in [0.15, 0.2) is 0 Å². The van der Waals surface area contributed by atoms with Crippen molar-refractivity contribution < 1.29 is 19.1 Å². The third-order valence-electron chi connectivity index (χ3n) is 4.72. The van der Waals surface area contributed by atoms with Crippen molar-refractivity contribution in [2.24, 2.45) is 0 Å². The molecule has 0 aliphatic heterocycles. The van der Waals surface area contributed by atoms with Crippen LogP contribution < -0.4 is 15.4 Å². The van der Waals surface area contributed by atoms with Crippen molar-refractivity contribution in [3.63, 3.8) is 0 Å². The molecule has 4 rings (SSSR count). The second kappa shape index (κ2) is 10.4. The average Bonchev–Trinajstić information content (AvgIpc) is 3.33. The fourth-order valence-corrected chi connectivity index (χ4v) is 3.88. The van der Waals surface area contributed by atoms with E-state index in [2.05, 4.69) is 39.6 Å². The van der Waals surface area contributed by atoms with E-state index in [9.17, 15) is 9.59 Å². The number of benzene rings is 3. The minimum Gasteiger partial charge on any atom is -0.478 e. The van der Waals surface area contributed by atoms with Gasteiger partial charge < -0.3 is 24.9 Å². The van der Waals surface area contributed by atoms with E-state index in [1.807, 2.05) is 42.5 Å². The molecule has 0 saturated heterocycles. The largest absolute Gasteiger partial charge is 0.478 e. The lowest BCUT2D eigenvalue weighted by Gasteiger charge is -2.11. The minimum absolute atomic E-state index is 0.0413. The van der Waals surface area contributed by atoms with Crippen LogP contribution >= 0.6 is 11.9 Å². The molecule has 1 heterocycles. The number of urea groups is 1. The summed E-state index contributed by atoms with van der Waals surface area (Å²) in [6.45, 7) is 0.0796. The fourth-order valence-electron chi connectivity index (χ4n) is 3.08. The molecule has 4 N–H and O–H groups in total. The number of carbonyl (C=O) groups is 2. The minimum atomic E-state index is -1.08. The standard InChI is InChI=1S/C25H21N3O4S/c29-24(30)18-14-21(32-16-18)15-26-25(31)27-19-10-12-20(13-11-19)28-33-23-9-5-4-8-22(23)17-6-2-1-3-7-17/h1-14,16,28H,15H2,(H,29,30)(H2,26,27,31). The zero-order valence-corrected chi connectivity index (χ0v) is 18.3. The lowest BCUT2D eigenvalue weighted by molar-refractivity contribution is 0.0696. The van der Waals surface area contributed by atoms with Gasteiger partial charge in [0.2, 0.25) is 0 Å². The first-order chi connectivity index (χ1) is 16.1. The number of carboxylic acids is 1. The zero-order chi connectivity index (χ0) is 23.0. The maximum atomic E-state index is 12.1. The van der Waals surface area contributed by atoms with Gasteiger partial charge in [0.25, 0.3) is 0 Å². The zero-order valence-electron chi connectivity index (χ0n) is 17.4. The molecule has 3 aromatic carbocycles. The molecule has 0 saturated carbocycles. The second-order valence-corrected chi connectivity index (χ2v) is 7.91. The summed E-state index contributed by atoms with van der Waals surface area (Å²) in [6.07, 6.45) is 1.14. The van der Waals surface area contributed by atoms with E-state index in [0.717, 1.165) is 28.0 Å². The smallest absolute Gasteiger partial charge is 0.338 e. The number of carboxylic acid groups (broad SMARTS) is 1. The number of carbonyl (C=O) groups excluding carboxylic acids is 1. The highest BCUT2D eigenvalue weighted by Gasteiger charge is 2.10. The highest BCUT2D eigenvalue weighted by molar-refractivity contribution is 8.00. The third-order valence-corrected chi connectivity index (χ3v) is 5.63. The number of amides is 2. The van der Waals surface area contributed by atoms with Crippen molar-refractivity contribution in [2.75, 3.05) is 10.0 Å². The van der Waals surface area contributed by atoms with Crippen LogP contribution in [0.3, 0.4) is 0 Å². The Balaban J connectivity index is 1.30. The van der Waals surface area contributed by atoms with Crippen molar-refractivity contribution >= 4 is 35.3 Å². The van der Waals surface area contributed by atoms with E-state index in [0.29, 0.717) is 11.4 Å². The molecule has 0 atom stereocenters. The highest BCUT2D eigenvalue weighted by Crippen LogP contribution is 2.32. The average molecular weight is 460 g/mol. The molecule has 2 amide bonds. The number of rotatable bonds is 8. The molecular weight excluding hydrogens is 438 g/mol. The Morgan fingerprint density at radius 3 is 2.30 bits per heavy atom. The molecule has 0 fully saturated rings. The van der Waals surface area contributed by atoms with Crippen molar-refractivity contribution in [3.8, 4) is 11.1 Å². The van der Waals surface area contributed by atoms with Crippen LogP contribution in [0, 0.1) is 0 Å². The van der Waals surface area contributed by atoms with E-state index in [4.69, 9.17) is 9.52 Å². The molecule has 0 aliphatic carbocycles. The van der Waals surface area contributed by atoms with Gasteiger partial charge in [-0.1, -0.05) is 48.5 Å². The van der Waals surface area contributed by atoms with E-state index in [1.54, 1.807) is 12.1 Å². The van der Waals surface area contributed by atoms with Gasteiger partial charge in [0, 0.05) is 16.3 Å². The summed E-state index contributed by atoms with van der Waals surface area (Å²) in [5.74, 6) is -0.722. The number of anilines is 2. The molecule has 8 heteroatoms. The molecule has 0 radical (unpaired) electrons. The third kappa shape index (κ3) is 5.96. The molecule has 0 bridgehead atoms. The Bertz CT molecular complexity index is 1240. The summed E-state index contributed by atoms with van der Waals surface area (Å²) in [7, 11) is 0. The summed E-state index contributed by atoms with van der Waals surface area (Å²) in [5.41, 5.74) is 3.86. The quantitative estimate of drug-likeness (QED) is 0.238. The van der Waals surface area contributed by atoms with Crippen LogP contribution in [0.25, 0.3) is 11.1 Å². The predicted molar refractivity (Wildman–Crippen MR) is 129 cm³/mol. The second-order valence-electron chi connectivity index (χ2n) is 7.06. The summed E-state index contributed by atoms with van der Waals surface area (Å²) >= 11 is 1.52. The van der Waals surface area contributed by atoms with Crippen molar-refractivity contribution in [3.05, 3.63) is 103 Å². The van der Waals surface area contributed by atoms with Crippen LogP contribution in [0.5, 0.6) is 0 Å². The first-order valence-corrected chi connectivity index (χ1v) is 10.9. The van der Waals surface area contributed by atoms with E-state index in [1.165, 1.54) is 18.0 Å². The Kier molecular flexibility index (Phi) is 6.96. The first-order valence-electron chi connectivity index (χ1n) is 10.1. The van der Waals surface area contributed by atoms with Gasteiger partial charge in [0.05, 0.1) is 12.1 Å². The maximum Gasteiger partial charge on any atom is 0.338 e. The van der Waals surface area contributed by atoms with Gasteiger partial charge in [-0.25, -0.2) is 9.59 Å². The van der Waals surface area contributed by atoms with Crippen LogP contribution in [0.1, 0.15) is 16.1 Å². The number of nitrogens with one attached hydrogen (secondary N) is 3. The molecule has 4 aromatic rings. The van der Waals surface area contributed by atoms with Gasteiger partial charge in [-0.15, -0.1) is 0 Å². The van der Waals surface area contributed by atoms with Gasteiger partial charge in [-0.3, -0.25) is 0 Å². The Labute approximate surface area is 195 Å². The molecular formula is C25H21N3O4S. The molecule has 7 nitrogen and oxygen atoms in total. The fraction of sp³-hybridized carbons (Fsp3) is 0.0400. The van der Waals surface area contributed by atoms with Crippen LogP contribution in [-0.4, -0.2) is 17.1 Å². The number of aromatic carboxylic acids is 1. The number of furan rings is 1. The van der Waals surface area contributed by atoms with E-state index >= 15 is 0 Å². The van der Waals surface area contributed by atoms with Gasteiger partial charge in [-0.05, 0) is 59.5 Å². The van der Waals surface area contributed by atoms with Crippen LogP contribution in [-0.2, 0) is 6.54 Å². The van der Waals surface area contributed by atoms with Crippen LogP contribution in [0.2, 0.25) is 0 Å². The normalized spacial score (nSPS) is 10.4. The van der Waals surface area contributed by atoms with Gasteiger partial charge in [-0.2, -0.15) is 0 Å².